The molecule has 0 aromatic carbocycles. The van der Waals surface area contributed by atoms with Crippen LogP contribution in [0.25, 0.3) is 0 Å². The Morgan fingerprint density at radius 3 is 2.93 bits per heavy atom. The second-order valence-corrected chi connectivity index (χ2v) is 4.39. The molecular weight excluding hydrogens is 196 g/mol. The summed E-state index contributed by atoms with van der Waals surface area (Å²) in [5.41, 5.74) is 5.23. The van der Waals surface area contributed by atoms with E-state index in [1.54, 1.807) is 4.90 Å². The summed E-state index contributed by atoms with van der Waals surface area (Å²) in [5, 5.41) is 0. The van der Waals surface area contributed by atoms with Crippen LogP contribution in [0.1, 0.15) is 13.3 Å². The highest BCUT2D eigenvalue weighted by Gasteiger charge is 2.41. The van der Waals surface area contributed by atoms with Gasteiger partial charge in [0.25, 0.3) is 0 Å². The Morgan fingerprint density at radius 1 is 1.53 bits per heavy atom. The van der Waals surface area contributed by atoms with Crippen molar-refractivity contribution < 1.29 is 14.3 Å². The number of carbonyl (C=O) groups is 1. The van der Waals surface area contributed by atoms with E-state index >= 15 is 0 Å². The van der Waals surface area contributed by atoms with E-state index in [1.807, 2.05) is 6.92 Å². The molecule has 1 amide bonds. The van der Waals surface area contributed by atoms with Gasteiger partial charge in [0.15, 0.2) is 0 Å². The Hall–Kier alpha value is -0.650. The molecule has 0 aromatic heterocycles. The quantitative estimate of drug-likeness (QED) is 0.630. The summed E-state index contributed by atoms with van der Waals surface area (Å²) in [6.45, 7) is 4.78. The van der Waals surface area contributed by atoms with Gasteiger partial charge in [0.2, 0.25) is 5.91 Å². The van der Waals surface area contributed by atoms with Crippen LogP contribution in [-0.4, -0.2) is 55.4 Å². The molecule has 2 aliphatic heterocycles. The molecule has 0 aliphatic carbocycles. The monoisotopic (exact) mass is 214 g/mol. The van der Waals surface area contributed by atoms with Crippen molar-refractivity contribution in [2.75, 3.05) is 32.9 Å². The normalized spacial score (nSPS) is 36.9. The van der Waals surface area contributed by atoms with E-state index in [1.165, 1.54) is 0 Å². The smallest absolute Gasteiger partial charge is 0.245 e. The summed E-state index contributed by atoms with van der Waals surface area (Å²) >= 11 is 0. The third-order valence-corrected chi connectivity index (χ3v) is 3.01. The van der Waals surface area contributed by atoms with Crippen molar-refractivity contribution in [2.24, 2.45) is 5.73 Å². The van der Waals surface area contributed by atoms with E-state index in [2.05, 4.69) is 0 Å². The summed E-state index contributed by atoms with van der Waals surface area (Å²) in [6, 6.07) is 0. The molecular formula is C10H18N2O3. The minimum Gasteiger partial charge on any atom is -0.379 e. The number of carbonyl (C=O) groups excluding carboxylic acids is 1. The van der Waals surface area contributed by atoms with E-state index in [0.29, 0.717) is 39.3 Å². The van der Waals surface area contributed by atoms with Gasteiger partial charge in [-0.2, -0.15) is 0 Å². The third kappa shape index (κ3) is 2.14. The molecule has 0 spiro atoms. The van der Waals surface area contributed by atoms with E-state index < -0.39 is 5.54 Å². The van der Waals surface area contributed by atoms with Crippen LogP contribution in [0.3, 0.4) is 0 Å². The average Bonchev–Trinajstić information content (AvgIpc) is 2.65. The van der Waals surface area contributed by atoms with Crippen molar-refractivity contribution in [3.8, 4) is 0 Å². The zero-order chi connectivity index (χ0) is 10.9. The van der Waals surface area contributed by atoms with Gasteiger partial charge in [-0.25, -0.2) is 0 Å². The molecule has 2 fully saturated rings. The molecule has 0 aromatic rings. The molecule has 2 rings (SSSR count). The summed E-state index contributed by atoms with van der Waals surface area (Å²) < 4.78 is 10.6. The van der Waals surface area contributed by atoms with Crippen LogP contribution in [0.15, 0.2) is 0 Å². The van der Waals surface area contributed by atoms with Crippen molar-refractivity contribution in [1.29, 1.82) is 0 Å². The molecule has 86 valence electrons. The fourth-order valence-electron chi connectivity index (χ4n) is 2.07. The standard InChI is InChI=1S/C10H18N2O3/c1-8-6-12(3-5-15-8)9(13)10(11)2-4-14-7-10/h8H,2-7,11H2,1H3. The first kappa shape index (κ1) is 10.9. The van der Waals surface area contributed by atoms with Gasteiger partial charge in [0.05, 0.1) is 19.3 Å². The number of morpholine rings is 1. The number of hydrogen-bond donors (Lipinski definition) is 1. The molecule has 2 saturated heterocycles. The van der Waals surface area contributed by atoms with E-state index in [4.69, 9.17) is 15.2 Å². The molecule has 2 atom stereocenters. The van der Waals surface area contributed by atoms with E-state index in [-0.39, 0.29) is 12.0 Å². The van der Waals surface area contributed by atoms with Crippen molar-refractivity contribution in [3.05, 3.63) is 0 Å². The molecule has 0 saturated carbocycles. The Bertz CT molecular complexity index is 251. The minimum absolute atomic E-state index is 0.00940. The fraction of sp³-hybridized carbons (Fsp3) is 0.900. The zero-order valence-electron chi connectivity index (χ0n) is 9.07. The van der Waals surface area contributed by atoms with E-state index in [9.17, 15) is 4.79 Å². The topological polar surface area (TPSA) is 64.8 Å². The molecule has 0 radical (unpaired) electrons. The molecule has 0 bridgehead atoms. The lowest BCUT2D eigenvalue weighted by molar-refractivity contribution is -0.143. The van der Waals surface area contributed by atoms with Gasteiger partial charge in [-0.1, -0.05) is 0 Å². The molecule has 2 heterocycles. The zero-order valence-corrected chi connectivity index (χ0v) is 9.07. The highest BCUT2D eigenvalue weighted by molar-refractivity contribution is 5.86. The SMILES string of the molecule is CC1CN(C(=O)C2(N)CCOC2)CCO1. The van der Waals surface area contributed by atoms with Crippen LogP contribution in [0.5, 0.6) is 0 Å². The van der Waals surface area contributed by atoms with E-state index in [0.717, 1.165) is 0 Å². The lowest BCUT2D eigenvalue weighted by Gasteiger charge is -2.35. The first-order chi connectivity index (χ1) is 7.12. The van der Waals surface area contributed by atoms with Crippen LogP contribution in [0.4, 0.5) is 0 Å². The van der Waals surface area contributed by atoms with Gasteiger partial charge in [0.1, 0.15) is 5.54 Å². The first-order valence-electron chi connectivity index (χ1n) is 5.39. The van der Waals surface area contributed by atoms with Gasteiger partial charge in [0, 0.05) is 19.7 Å². The highest BCUT2D eigenvalue weighted by Crippen LogP contribution is 2.19. The van der Waals surface area contributed by atoms with Crippen LogP contribution < -0.4 is 5.73 Å². The lowest BCUT2D eigenvalue weighted by atomic mass is 9.98. The van der Waals surface area contributed by atoms with Gasteiger partial charge < -0.3 is 20.1 Å². The summed E-state index contributed by atoms with van der Waals surface area (Å²) in [7, 11) is 0. The van der Waals surface area contributed by atoms with Crippen molar-refractivity contribution >= 4 is 5.91 Å². The summed E-state index contributed by atoms with van der Waals surface area (Å²) in [5.74, 6) is 0.00940. The van der Waals surface area contributed by atoms with Gasteiger partial charge in [-0.3, -0.25) is 4.79 Å². The van der Waals surface area contributed by atoms with Crippen molar-refractivity contribution in [1.82, 2.24) is 4.90 Å². The Balaban J connectivity index is 2.00. The maximum atomic E-state index is 12.1. The van der Waals surface area contributed by atoms with Crippen LogP contribution in [-0.2, 0) is 14.3 Å². The number of nitrogens with two attached hydrogens (primary N) is 1. The Labute approximate surface area is 89.5 Å². The van der Waals surface area contributed by atoms with Gasteiger partial charge in [-0.15, -0.1) is 0 Å². The number of ether oxygens (including phenoxy) is 2. The van der Waals surface area contributed by atoms with Crippen molar-refractivity contribution in [2.45, 2.75) is 25.0 Å². The molecule has 15 heavy (non-hydrogen) atoms. The average molecular weight is 214 g/mol. The second-order valence-electron chi connectivity index (χ2n) is 4.39. The molecule has 5 heteroatoms. The van der Waals surface area contributed by atoms with Crippen LogP contribution in [0, 0.1) is 0 Å². The molecule has 2 aliphatic rings. The molecule has 2 unspecified atom stereocenters. The summed E-state index contributed by atoms with van der Waals surface area (Å²) in [4.78, 5) is 13.9. The number of amides is 1. The predicted octanol–water partition coefficient (Wildman–Crippen LogP) is -0.648. The maximum Gasteiger partial charge on any atom is 0.245 e. The number of rotatable bonds is 1. The van der Waals surface area contributed by atoms with Crippen LogP contribution >= 0.6 is 0 Å². The second kappa shape index (κ2) is 4.08. The summed E-state index contributed by atoms with van der Waals surface area (Å²) in [6.07, 6.45) is 0.728. The van der Waals surface area contributed by atoms with Gasteiger partial charge >= 0.3 is 0 Å². The first-order valence-corrected chi connectivity index (χ1v) is 5.39. The molecule has 2 N–H and O–H groups in total. The maximum absolute atomic E-state index is 12.1. The number of hydrogen-bond acceptors (Lipinski definition) is 4. The molecule has 5 nitrogen and oxygen atoms in total. The van der Waals surface area contributed by atoms with Gasteiger partial charge in [-0.05, 0) is 13.3 Å². The van der Waals surface area contributed by atoms with Crippen LogP contribution in [0.2, 0.25) is 0 Å². The van der Waals surface area contributed by atoms with Crippen molar-refractivity contribution in [3.63, 3.8) is 0 Å². The Kier molecular flexibility index (Phi) is 2.95. The number of nitrogens with zero attached hydrogens (tertiary/aromatic N) is 1. The predicted molar refractivity (Wildman–Crippen MR) is 54.3 cm³/mol. The Morgan fingerprint density at radius 2 is 2.33 bits per heavy atom. The minimum atomic E-state index is -0.795. The lowest BCUT2D eigenvalue weighted by Crippen LogP contribution is -2.59. The highest BCUT2D eigenvalue weighted by atomic mass is 16.5. The largest absolute Gasteiger partial charge is 0.379 e. The third-order valence-electron chi connectivity index (χ3n) is 3.01. The fourth-order valence-corrected chi connectivity index (χ4v) is 2.07.